The molecule has 1 aromatic rings. The van der Waals surface area contributed by atoms with E-state index in [0.29, 0.717) is 13.0 Å². The fourth-order valence-corrected chi connectivity index (χ4v) is 2.54. The number of urea groups is 1. The average Bonchev–Trinajstić information content (AvgIpc) is 3.24. The highest BCUT2D eigenvalue weighted by atomic mass is 16.4. The van der Waals surface area contributed by atoms with E-state index in [9.17, 15) is 19.5 Å². The molecule has 13 nitrogen and oxygen atoms in total. The zero-order valence-corrected chi connectivity index (χ0v) is 14.3. The van der Waals surface area contributed by atoms with Gasteiger partial charge in [0.05, 0.1) is 12.7 Å². The molecule has 0 spiro atoms. The summed E-state index contributed by atoms with van der Waals surface area (Å²) < 4.78 is 5.51. The molecule has 2 rings (SSSR count). The summed E-state index contributed by atoms with van der Waals surface area (Å²) in [7, 11) is 0. The van der Waals surface area contributed by atoms with Crippen LogP contribution < -0.4 is 21.7 Å². The average molecular weight is 386 g/mol. The summed E-state index contributed by atoms with van der Waals surface area (Å²) in [6, 6.07) is -3.88. The van der Waals surface area contributed by atoms with Gasteiger partial charge in [0.2, 0.25) is 17.7 Å². The van der Waals surface area contributed by atoms with E-state index in [1.165, 1.54) is 0 Å². The van der Waals surface area contributed by atoms with E-state index in [0.717, 1.165) is 0 Å². The number of nitrogens with zero attached hydrogens (tertiary/aromatic N) is 2. The molecular formula is C14H22N6O7. The predicted molar refractivity (Wildman–Crippen MR) is 87.0 cm³/mol. The Morgan fingerprint density at radius 1 is 1.33 bits per heavy atom. The molecule has 13 heteroatoms. The van der Waals surface area contributed by atoms with Crippen molar-refractivity contribution in [2.45, 2.75) is 43.5 Å². The number of aliphatic hydroxyl groups excluding tert-OH is 2. The summed E-state index contributed by atoms with van der Waals surface area (Å²) in [6.45, 7) is -0.225. The summed E-state index contributed by atoms with van der Waals surface area (Å²) >= 11 is 0. The molecule has 3 amide bonds. The molecule has 1 fully saturated rings. The molecule has 8 N–H and O–H groups in total. The molecule has 150 valence electrons. The lowest BCUT2D eigenvalue weighted by Gasteiger charge is -2.17. The summed E-state index contributed by atoms with van der Waals surface area (Å²) in [4.78, 5) is 34.0. The van der Waals surface area contributed by atoms with Gasteiger partial charge in [-0.25, -0.2) is 9.59 Å². The quantitative estimate of drug-likeness (QED) is 0.237. The summed E-state index contributed by atoms with van der Waals surface area (Å²) in [5.41, 5.74) is 5.13. The Labute approximate surface area is 153 Å². The number of aromatic nitrogens is 2. The highest BCUT2D eigenvalue weighted by Crippen LogP contribution is 2.25. The molecule has 0 aromatic carbocycles. The lowest BCUT2D eigenvalue weighted by atomic mass is 10.1. The minimum atomic E-state index is -1.50. The Balaban J connectivity index is 2.09. The monoisotopic (exact) mass is 386 g/mol. The number of rotatable bonds is 9. The number of carbonyl (C=O) groups excluding carboxylic acids is 2. The second-order valence-electron chi connectivity index (χ2n) is 6.02. The molecule has 0 unspecified atom stereocenters. The number of amides is 3. The molecule has 0 aliphatic carbocycles. The van der Waals surface area contributed by atoms with Crippen molar-refractivity contribution in [3.63, 3.8) is 0 Å². The first kappa shape index (κ1) is 20.5. The van der Waals surface area contributed by atoms with E-state index in [-0.39, 0.29) is 24.6 Å². The number of aliphatic hydroxyl groups is 2. The van der Waals surface area contributed by atoms with E-state index in [1.54, 1.807) is 0 Å². The fraction of sp³-hybridized carbons (Fsp3) is 0.643. The maximum Gasteiger partial charge on any atom is 0.328 e. The van der Waals surface area contributed by atoms with Crippen molar-refractivity contribution in [3.8, 4) is 0 Å². The van der Waals surface area contributed by atoms with Gasteiger partial charge in [-0.1, -0.05) is 0 Å². The molecule has 2 heterocycles. The van der Waals surface area contributed by atoms with Crippen LogP contribution in [0.3, 0.4) is 0 Å². The van der Waals surface area contributed by atoms with Crippen molar-refractivity contribution < 1.29 is 34.1 Å². The lowest BCUT2D eigenvalue weighted by Crippen LogP contribution is -2.48. The third-order valence-electron chi connectivity index (χ3n) is 3.98. The number of carbonyl (C=O) groups is 3. The van der Waals surface area contributed by atoms with Gasteiger partial charge in [-0.05, 0) is 19.4 Å². The molecule has 1 aromatic heterocycles. The summed E-state index contributed by atoms with van der Waals surface area (Å²) in [5, 5.41) is 42.9. The molecule has 1 saturated heterocycles. The molecule has 1 aliphatic heterocycles. The highest BCUT2D eigenvalue weighted by molar-refractivity contribution is 5.82. The van der Waals surface area contributed by atoms with Gasteiger partial charge in [-0.2, -0.15) is 0 Å². The Hall–Kier alpha value is -2.77. The number of nitrogens with two attached hydrogens (primary N) is 1. The summed E-state index contributed by atoms with van der Waals surface area (Å²) in [5.74, 6) is -1.94. The molecule has 27 heavy (non-hydrogen) atoms. The zero-order chi connectivity index (χ0) is 20.0. The number of primary amides is 1. The van der Waals surface area contributed by atoms with E-state index in [4.69, 9.17) is 20.4 Å². The fourth-order valence-electron chi connectivity index (χ4n) is 2.54. The van der Waals surface area contributed by atoms with Crippen LogP contribution in [0.1, 0.15) is 43.1 Å². The van der Waals surface area contributed by atoms with Crippen LogP contribution in [0.5, 0.6) is 0 Å². The van der Waals surface area contributed by atoms with Crippen LogP contribution in [0, 0.1) is 0 Å². The van der Waals surface area contributed by atoms with Crippen LogP contribution in [-0.4, -0.2) is 68.7 Å². The van der Waals surface area contributed by atoms with Crippen LogP contribution in [0.15, 0.2) is 4.42 Å². The normalized spacial score (nSPS) is 21.4. The number of aliphatic carboxylic acids is 1. The van der Waals surface area contributed by atoms with Gasteiger partial charge < -0.3 is 41.4 Å². The predicted octanol–water partition coefficient (Wildman–Crippen LogP) is -2.48. The van der Waals surface area contributed by atoms with Crippen LogP contribution >= 0.6 is 0 Å². The minimum Gasteiger partial charge on any atom is -0.480 e. The van der Waals surface area contributed by atoms with Gasteiger partial charge in [0, 0.05) is 6.42 Å². The van der Waals surface area contributed by atoms with Gasteiger partial charge in [0.15, 0.2) is 6.04 Å². The summed E-state index contributed by atoms with van der Waals surface area (Å²) in [6.07, 6.45) is -0.247. The van der Waals surface area contributed by atoms with E-state index in [1.807, 2.05) is 0 Å². The van der Waals surface area contributed by atoms with Crippen LogP contribution in [0.4, 0.5) is 4.79 Å². The number of carboxylic acid groups (broad SMARTS) is 1. The molecule has 0 saturated carbocycles. The second-order valence-corrected chi connectivity index (χ2v) is 6.02. The second kappa shape index (κ2) is 9.25. The van der Waals surface area contributed by atoms with Crippen molar-refractivity contribution in [1.82, 2.24) is 26.1 Å². The van der Waals surface area contributed by atoms with Crippen LogP contribution in [0.2, 0.25) is 0 Å². The topological polar surface area (TPSA) is 213 Å². The molecule has 1 aliphatic rings. The van der Waals surface area contributed by atoms with Crippen molar-refractivity contribution in [1.29, 1.82) is 0 Å². The molecular weight excluding hydrogens is 364 g/mol. The van der Waals surface area contributed by atoms with E-state index in [2.05, 4.69) is 26.1 Å². The highest BCUT2D eigenvalue weighted by Gasteiger charge is 2.32. The van der Waals surface area contributed by atoms with Gasteiger partial charge in [-0.15, -0.1) is 10.2 Å². The first-order valence-corrected chi connectivity index (χ1v) is 8.25. The largest absolute Gasteiger partial charge is 0.480 e. The first-order chi connectivity index (χ1) is 12.8. The number of hydrogen-bond acceptors (Lipinski definition) is 9. The maximum atomic E-state index is 12.0. The van der Waals surface area contributed by atoms with Gasteiger partial charge >= 0.3 is 12.0 Å². The van der Waals surface area contributed by atoms with Crippen molar-refractivity contribution in [2.75, 3.05) is 13.2 Å². The van der Waals surface area contributed by atoms with Crippen LogP contribution in [0.25, 0.3) is 0 Å². The van der Waals surface area contributed by atoms with Crippen LogP contribution in [-0.2, 0) is 9.59 Å². The Morgan fingerprint density at radius 2 is 2.07 bits per heavy atom. The standard InChI is InChI=1S/C14H22N6O7/c15-9(23)2-1-6(17-14(26)18-7(5-21)13(24)25)11-19-20-12(27-11)10-8(22)3-4-16-10/h6-8,10,16,21-22H,1-5H2,(H2,15,23)(H,24,25)(H2,17,18,26)/t6-,7-,8-,10-/m0/s1. The maximum absolute atomic E-state index is 12.0. The Morgan fingerprint density at radius 3 is 2.63 bits per heavy atom. The number of nitrogens with one attached hydrogen (secondary N) is 3. The van der Waals surface area contributed by atoms with Gasteiger partial charge in [-0.3, -0.25) is 4.79 Å². The molecule has 0 bridgehead atoms. The Bertz CT molecular complexity index is 681. The third-order valence-corrected chi connectivity index (χ3v) is 3.98. The van der Waals surface area contributed by atoms with E-state index >= 15 is 0 Å². The number of carboxylic acids is 1. The van der Waals surface area contributed by atoms with Crippen molar-refractivity contribution in [2.24, 2.45) is 5.73 Å². The smallest absolute Gasteiger partial charge is 0.328 e. The zero-order valence-electron chi connectivity index (χ0n) is 14.3. The van der Waals surface area contributed by atoms with Crippen molar-refractivity contribution in [3.05, 3.63) is 11.8 Å². The van der Waals surface area contributed by atoms with Gasteiger partial charge in [0.25, 0.3) is 0 Å². The minimum absolute atomic E-state index is 0.0295. The SMILES string of the molecule is NC(=O)CC[C@H](NC(=O)N[C@@H](CO)C(=O)O)c1nnc([C@H]2NCC[C@@H]2O)o1. The first-order valence-electron chi connectivity index (χ1n) is 8.25. The molecule has 0 radical (unpaired) electrons. The van der Waals surface area contributed by atoms with Gasteiger partial charge in [0.1, 0.15) is 12.1 Å². The molecule has 4 atom stereocenters. The number of hydrogen-bond donors (Lipinski definition) is 7. The van der Waals surface area contributed by atoms with Crippen molar-refractivity contribution >= 4 is 17.9 Å². The third kappa shape index (κ3) is 5.60. The lowest BCUT2D eigenvalue weighted by molar-refractivity contribution is -0.140. The van der Waals surface area contributed by atoms with E-state index < -0.39 is 48.7 Å². The Kier molecular flexibility index (Phi) is 7.04.